The van der Waals surface area contributed by atoms with Crippen LogP contribution >= 0.6 is 0 Å². The van der Waals surface area contributed by atoms with Crippen LogP contribution in [0.25, 0.3) is 0 Å². The molecule has 0 aromatic rings. The summed E-state index contributed by atoms with van der Waals surface area (Å²) in [7, 11) is 0. The standard InChI is InChI=1S/C14H31N3/c1-12(2)15-11-13(3)16-7-9-17(10-8-16)14(4,5)6/h12-13,15H,7-11H2,1-6H3. The molecule has 0 aromatic heterocycles. The minimum Gasteiger partial charge on any atom is -0.313 e. The Hall–Kier alpha value is -0.120. The van der Waals surface area contributed by atoms with Gasteiger partial charge in [-0.3, -0.25) is 9.80 Å². The zero-order valence-corrected chi connectivity index (χ0v) is 12.6. The largest absolute Gasteiger partial charge is 0.313 e. The molecule has 1 atom stereocenters. The zero-order chi connectivity index (χ0) is 13.1. The van der Waals surface area contributed by atoms with Crippen LogP contribution in [0, 0.1) is 0 Å². The average Bonchev–Trinajstić information content (AvgIpc) is 2.25. The van der Waals surface area contributed by atoms with Gasteiger partial charge in [0, 0.05) is 50.3 Å². The lowest BCUT2D eigenvalue weighted by Crippen LogP contribution is -2.56. The summed E-state index contributed by atoms with van der Waals surface area (Å²) in [6, 6.07) is 1.24. The Morgan fingerprint density at radius 1 is 1.00 bits per heavy atom. The number of nitrogens with one attached hydrogen (secondary N) is 1. The fraction of sp³-hybridized carbons (Fsp3) is 1.00. The van der Waals surface area contributed by atoms with E-state index in [9.17, 15) is 0 Å². The summed E-state index contributed by atoms with van der Waals surface area (Å²) in [5, 5.41) is 3.53. The van der Waals surface area contributed by atoms with Gasteiger partial charge in [-0.25, -0.2) is 0 Å². The molecule has 1 unspecified atom stereocenters. The number of nitrogens with zero attached hydrogens (tertiary/aromatic N) is 2. The van der Waals surface area contributed by atoms with Gasteiger partial charge in [0.2, 0.25) is 0 Å². The van der Waals surface area contributed by atoms with Gasteiger partial charge >= 0.3 is 0 Å². The fourth-order valence-electron chi connectivity index (χ4n) is 2.37. The summed E-state index contributed by atoms with van der Waals surface area (Å²) >= 11 is 0. The molecule has 17 heavy (non-hydrogen) atoms. The lowest BCUT2D eigenvalue weighted by atomic mass is 10.0. The van der Waals surface area contributed by atoms with Crippen LogP contribution in [0.5, 0.6) is 0 Å². The van der Waals surface area contributed by atoms with Crippen molar-refractivity contribution in [3.8, 4) is 0 Å². The van der Waals surface area contributed by atoms with E-state index in [0.29, 0.717) is 17.6 Å². The molecule has 0 spiro atoms. The number of piperazine rings is 1. The third-order valence-electron chi connectivity index (χ3n) is 3.71. The van der Waals surface area contributed by atoms with Crippen molar-refractivity contribution in [1.82, 2.24) is 15.1 Å². The number of rotatable bonds is 4. The molecule has 1 aliphatic rings. The van der Waals surface area contributed by atoms with Gasteiger partial charge in [-0.15, -0.1) is 0 Å². The van der Waals surface area contributed by atoms with Crippen molar-refractivity contribution in [2.45, 2.75) is 59.2 Å². The Labute approximate surface area is 108 Å². The van der Waals surface area contributed by atoms with Crippen LogP contribution in [0.1, 0.15) is 41.5 Å². The summed E-state index contributed by atoms with van der Waals surface area (Å²) in [4.78, 5) is 5.20. The van der Waals surface area contributed by atoms with Gasteiger partial charge in [0.05, 0.1) is 0 Å². The Bertz CT molecular complexity index is 212. The predicted octanol–water partition coefficient (Wildman–Crippen LogP) is 1.79. The van der Waals surface area contributed by atoms with Crippen molar-refractivity contribution in [2.75, 3.05) is 32.7 Å². The molecule has 1 rings (SSSR count). The second-order valence-corrected chi connectivity index (χ2v) is 6.61. The van der Waals surface area contributed by atoms with E-state index in [2.05, 4.69) is 56.7 Å². The van der Waals surface area contributed by atoms with Crippen molar-refractivity contribution in [2.24, 2.45) is 0 Å². The van der Waals surface area contributed by atoms with Crippen molar-refractivity contribution < 1.29 is 0 Å². The van der Waals surface area contributed by atoms with Crippen molar-refractivity contribution in [3.63, 3.8) is 0 Å². The van der Waals surface area contributed by atoms with Crippen molar-refractivity contribution in [1.29, 1.82) is 0 Å². The van der Waals surface area contributed by atoms with Crippen LogP contribution in [0.3, 0.4) is 0 Å². The Balaban J connectivity index is 2.31. The molecule has 1 aliphatic heterocycles. The third-order valence-corrected chi connectivity index (χ3v) is 3.71. The second kappa shape index (κ2) is 6.17. The van der Waals surface area contributed by atoms with Gasteiger partial charge in [-0.05, 0) is 27.7 Å². The highest BCUT2D eigenvalue weighted by Gasteiger charge is 2.27. The Morgan fingerprint density at radius 2 is 1.53 bits per heavy atom. The molecular weight excluding hydrogens is 210 g/mol. The van der Waals surface area contributed by atoms with Gasteiger partial charge < -0.3 is 5.32 Å². The van der Waals surface area contributed by atoms with Crippen LogP contribution in [-0.4, -0.2) is 60.1 Å². The molecule has 1 saturated heterocycles. The molecule has 0 radical (unpaired) electrons. The fourth-order valence-corrected chi connectivity index (χ4v) is 2.37. The van der Waals surface area contributed by atoms with Crippen molar-refractivity contribution in [3.05, 3.63) is 0 Å². The highest BCUT2D eigenvalue weighted by molar-refractivity contribution is 4.84. The first-order chi connectivity index (χ1) is 7.80. The van der Waals surface area contributed by atoms with E-state index in [-0.39, 0.29) is 0 Å². The number of hydrogen-bond acceptors (Lipinski definition) is 3. The Kier molecular flexibility index (Phi) is 5.42. The summed E-state index contributed by atoms with van der Waals surface area (Å²) < 4.78 is 0. The van der Waals surface area contributed by atoms with E-state index in [4.69, 9.17) is 0 Å². The van der Waals surface area contributed by atoms with E-state index in [1.165, 1.54) is 26.2 Å². The first-order valence-corrected chi connectivity index (χ1v) is 7.03. The first kappa shape index (κ1) is 14.9. The van der Waals surface area contributed by atoms with E-state index < -0.39 is 0 Å². The smallest absolute Gasteiger partial charge is 0.0193 e. The second-order valence-electron chi connectivity index (χ2n) is 6.61. The molecule has 1 heterocycles. The van der Waals surface area contributed by atoms with Gasteiger partial charge in [-0.1, -0.05) is 13.8 Å². The molecule has 0 amide bonds. The quantitative estimate of drug-likeness (QED) is 0.809. The SMILES string of the molecule is CC(C)NCC(C)N1CCN(C(C)(C)C)CC1. The monoisotopic (exact) mass is 241 g/mol. The van der Waals surface area contributed by atoms with Crippen LogP contribution in [-0.2, 0) is 0 Å². The molecule has 0 saturated carbocycles. The molecule has 1 N–H and O–H groups in total. The topological polar surface area (TPSA) is 18.5 Å². The maximum Gasteiger partial charge on any atom is 0.0193 e. The van der Waals surface area contributed by atoms with E-state index in [0.717, 1.165) is 6.54 Å². The van der Waals surface area contributed by atoms with E-state index >= 15 is 0 Å². The summed E-state index contributed by atoms with van der Waals surface area (Å²) in [6.45, 7) is 19.6. The van der Waals surface area contributed by atoms with Crippen LogP contribution in [0.2, 0.25) is 0 Å². The highest BCUT2D eigenvalue weighted by atomic mass is 15.3. The zero-order valence-electron chi connectivity index (χ0n) is 12.6. The van der Waals surface area contributed by atoms with Gasteiger partial charge in [0.1, 0.15) is 0 Å². The van der Waals surface area contributed by atoms with Gasteiger partial charge in [0.25, 0.3) is 0 Å². The molecule has 0 aliphatic carbocycles. The molecule has 0 aromatic carbocycles. The van der Waals surface area contributed by atoms with E-state index in [1.807, 2.05) is 0 Å². The molecule has 3 nitrogen and oxygen atoms in total. The van der Waals surface area contributed by atoms with Crippen LogP contribution < -0.4 is 5.32 Å². The predicted molar refractivity (Wildman–Crippen MR) is 75.5 cm³/mol. The summed E-state index contributed by atoms with van der Waals surface area (Å²) in [6.07, 6.45) is 0. The highest BCUT2D eigenvalue weighted by Crippen LogP contribution is 2.16. The normalized spacial score (nSPS) is 22.1. The lowest BCUT2D eigenvalue weighted by Gasteiger charge is -2.44. The molecular formula is C14H31N3. The summed E-state index contributed by atoms with van der Waals surface area (Å²) in [5.41, 5.74) is 0.325. The maximum absolute atomic E-state index is 3.53. The third kappa shape index (κ3) is 4.94. The lowest BCUT2D eigenvalue weighted by molar-refractivity contribution is 0.0453. The molecule has 0 bridgehead atoms. The maximum atomic E-state index is 3.53. The molecule has 102 valence electrons. The minimum atomic E-state index is 0.325. The van der Waals surface area contributed by atoms with Crippen molar-refractivity contribution >= 4 is 0 Å². The van der Waals surface area contributed by atoms with E-state index in [1.54, 1.807) is 0 Å². The average molecular weight is 241 g/mol. The van der Waals surface area contributed by atoms with Gasteiger partial charge in [0.15, 0.2) is 0 Å². The first-order valence-electron chi connectivity index (χ1n) is 7.03. The molecule has 3 heteroatoms. The van der Waals surface area contributed by atoms with Crippen LogP contribution in [0.4, 0.5) is 0 Å². The minimum absolute atomic E-state index is 0.325. The Morgan fingerprint density at radius 3 is 1.94 bits per heavy atom. The van der Waals surface area contributed by atoms with Crippen LogP contribution in [0.15, 0.2) is 0 Å². The molecule has 1 fully saturated rings. The van der Waals surface area contributed by atoms with Gasteiger partial charge in [-0.2, -0.15) is 0 Å². The number of hydrogen-bond donors (Lipinski definition) is 1. The summed E-state index contributed by atoms with van der Waals surface area (Å²) in [5.74, 6) is 0.